The Hall–Kier alpha value is -4.11. The summed E-state index contributed by atoms with van der Waals surface area (Å²) in [6.07, 6.45) is 7.21. The summed E-state index contributed by atoms with van der Waals surface area (Å²) in [5, 5.41) is 9.25. The average molecular weight is 443 g/mol. The van der Waals surface area contributed by atoms with E-state index < -0.39 is 6.04 Å². The highest BCUT2D eigenvalue weighted by Gasteiger charge is 2.19. The number of carbonyl (C=O) groups excluding carboxylic acids is 1. The Morgan fingerprint density at radius 2 is 1.91 bits per heavy atom. The maximum absolute atomic E-state index is 12.9. The van der Waals surface area contributed by atoms with Crippen LogP contribution in [0.2, 0.25) is 0 Å². The van der Waals surface area contributed by atoms with Gasteiger partial charge in [-0.2, -0.15) is 5.10 Å². The van der Waals surface area contributed by atoms with Crippen molar-refractivity contribution in [2.75, 3.05) is 5.32 Å². The molecule has 0 aliphatic carbocycles. The lowest BCUT2D eigenvalue weighted by Gasteiger charge is -2.15. The highest BCUT2D eigenvalue weighted by Crippen LogP contribution is 2.24. The molecule has 0 saturated heterocycles. The molecule has 4 heterocycles. The maximum atomic E-state index is 12.9. The minimum absolute atomic E-state index is 0.338. The van der Waals surface area contributed by atoms with Crippen molar-refractivity contribution in [3.63, 3.8) is 0 Å². The number of thiazole rings is 1. The number of imidazole rings is 1. The zero-order valence-corrected chi connectivity index (χ0v) is 17.9. The third-order valence-electron chi connectivity index (χ3n) is 5.07. The number of amides is 1. The molecule has 0 aliphatic heterocycles. The molecule has 1 amide bonds. The van der Waals surface area contributed by atoms with E-state index in [2.05, 4.69) is 20.4 Å². The van der Waals surface area contributed by atoms with Gasteiger partial charge in [-0.1, -0.05) is 12.1 Å². The fourth-order valence-corrected chi connectivity index (χ4v) is 4.06. The molecule has 0 radical (unpaired) electrons. The summed E-state index contributed by atoms with van der Waals surface area (Å²) < 4.78 is 3.15. The van der Waals surface area contributed by atoms with E-state index in [1.54, 1.807) is 54.9 Å². The van der Waals surface area contributed by atoms with Crippen molar-refractivity contribution >= 4 is 27.9 Å². The van der Waals surface area contributed by atoms with Gasteiger partial charge >= 0.3 is 0 Å². The van der Waals surface area contributed by atoms with Crippen LogP contribution in [0.3, 0.4) is 0 Å². The average Bonchev–Trinajstić information content (AvgIpc) is 3.42. The van der Waals surface area contributed by atoms with E-state index in [9.17, 15) is 9.59 Å². The fourth-order valence-electron chi connectivity index (χ4n) is 3.36. The number of rotatable bonds is 5. The number of aromatic nitrogens is 5. The number of hydrogen-bond acceptors (Lipinski definition) is 6. The molecule has 0 spiro atoms. The number of fused-ring (bicyclic) bond motifs is 1. The second-order valence-electron chi connectivity index (χ2n) is 7.20. The zero-order chi connectivity index (χ0) is 22.1. The van der Waals surface area contributed by atoms with Crippen molar-refractivity contribution in [2.24, 2.45) is 0 Å². The Kier molecular flexibility index (Phi) is 5.08. The molecule has 9 heteroatoms. The van der Waals surface area contributed by atoms with Gasteiger partial charge < -0.3 is 5.32 Å². The molecule has 0 saturated carbocycles. The van der Waals surface area contributed by atoms with Crippen LogP contribution >= 0.6 is 11.3 Å². The fraction of sp³-hybridized carbons (Fsp3) is 0.0870. The first kappa shape index (κ1) is 19.8. The number of hydrogen-bond donors (Lipinski definition) is 1. The predicted molar refractivity (Wildman–Crippen MR) is 124 cm³/mol. The van der Waals surface area contributed by atoms with E-state index in [0.29, 0.717) is 11.4 Å². The molecule has 0 fully saturated rings. The zero-order valence-electron chi connectivity index (χ0n) is 17.0. The second-order valence-corrected chi connectivity index (χ2v) is 8.08. The van der Waals surface area contributed by atoms with Gasteiger partial charge in [0.2, 0.25) is 5.91 Å². The molecule has 1 aromatic carbocycles. The summed E-state index contributed by atoms with van der Waals surface area (Å²) in [5.74, 6) is -0.338. The molecule has 32 heavy (non-hydrogen) atoms. The van der Waals surface area contributed by atoms with Crippen LogP contribution in [0.1, 0.15) is 13.0 Å². The minimum Gasteiger partial charge on any atom is -0.324 e. The summed E-state index contributed by atoms with van der Waals surface area (Å²) in [7, 11) is 0. The van der Waals surface area contributed by atoms with Crippen LogP contribution in [0.15, 0.2) is 83.5 Å². The Balaban J connectivity index is 1.38. The third kappa shape index (κ3) is 3.81. The molecular weight excluding hydrogens is 424 g/mol. The summed E-state index contributed by atoms with van der Waals surface area (Å²) in [4.78, 5) is 34.8. The van der Waals surface area contributed by atoms with E-state index in [4.69, 9.17) is 0 Å². The quantitative estimate of drug-likeness (QED) is 0.446. The van der Waals surface area contributed by atoms with Crippen LogP contribution in [-0.2, 0) is 4.79 Å². The molecule has 0 aliphatic rings. The number of benzene rings is 1. The van der Waals surface area contributed by atoms with Crippen molar-refractivity contribution in [1.29, 1.82) is 0 Å². The van der Waals surface area contributed by atoms with Crippen LogP contribution in [0.25, 0.3) is 27.5 Å². The smallest absolute Gasteiger partial charge is 0.267 e. The molecule has 4 aromatic heterocycles. The Morgan fingerprint density at radius 1 is 1.06 bits per heavy atom. The van der Waals surface area contributed by atoms with Gasteiger partial charge in [-0.3, -0.25) is 19.0 Å². The van der Waals surface area contributed by atoms with Gasteiger partial charge in [-0.15, -0.1) is 11.3 Å². The highest BCUT2D eigenvalue weighted by molar-refractivity contribution is 7.15. The molecule has 5 aromatic rings. The molecule has 1 unspecified atom stereocenters. The van der Waals surface area contributed by atoms with Gasteiger partial charge in [0, 0.05) is 53.0 Å². The first-order valence-electron chi connectivity index (χ1n) is 9.92. The van der Waals surface area contributed by atoms with Gasteiger partial charge in [0.15, 0.2) is 4.96 Å². The molecule has 5 rings (SSSR count). The Morgan fingerprint density at radius 3 is 2.72 bits per heavy atom. The lowest BCUT2D eigenvalue weighted by atomic mass is 10.1. The maximum Gasteiger partial charge on any atom is 0.267 e. The van der Waals surface area contributed by atoms with Gasteiger partial charge in [0.25, 0.3) is 5.56 Å². The first-order chi connectivity index (χ1) is 15.6. The van der Waals surface area contributed by atoms with Crippen molar-refractivity contribution in [1.82, 2.24) is 24.1 Å². The standard InChI is InChI=1S/C23H18N6O2S/c1-15(29-21(30)6-5-19(27-29)16-7-9-24-10-8-16)22(31)25-18-4-2-3-17(13-18)20-14-28-11-12-32-23(28)26-20/h2-15H,1H3,(H,25,31). The molecule has 158 valence electrons. The Labute approximate surface area is 186 Å². The van der Waals surface area contributed by atoms with Crippen molar-refractivity contribution in [2.45, 2.75) is 13.0 Å². The third-order valence-corrected chi connectivity index (χ3v) is 5.84. The monoisotopic (exact) mass is 442 g/mol. The highest BCUT2D eigenvalue weighted by atomic mass is 32.1. The number of nitrogens with one attached hydrogen (secondary N) is 1. The van der Waals surface area contributed by atoms with Crippen molar-refractivity contribution < 1.29 is 4.79 Å². The molecular formula is C23H18N6O2S. The summed E-state index contributed by atoms with van der Waals surface area (Å²) >= 11 is 1.56. The lowest BCUT2D eigenvalue weighted by molar-refractivity contribution is -0.119. The number of pyridine rings is 1. The SMILES string of the molecule is CC(C(=O)Nc1cccc(-c2cn3ccsc3n2)c1)n1nc(-c2ccncc2)ccc1=O. The largest absolute Gasteiger partial charge is 0.324 e. The van der Waals surface area contributed by atoms with Crippen LogP contribution in [0, 0.1) is 0 Å². The molecule has 8 nitrogen and oxygen atoms in total. The summed E-state index contributed by atoms with van der Waals surface area (Å²) in [5.41, 5.74) is 3.39. The summed E-state index contributed by atoms with van der Waals surface area (Å²) in [6, 6.07) is 13.3. The predicted octanol–water partition coefficient (Wildman–Crippen LogP) is 3.88. The van der Waals surface area contributed by atoms with Crippen LogP contribution in [0.4, 0.5) is 5.69 Å². The lowest BCUT2D eigenvalue weighted by Crippen LogP contribution is -2.33. The van der Waals surface area contributed by atoms with Gasteiger partial charge in [-0.25, -0.2) is 9.67 Å². The van der Waals surface area contributed by atoms with E-state index in [1.807, 2.05) is 40.4 Å². The van der Waals surface area contributed by atoms with E-state index in [-0.39, 0.29) is 11.5 Å². The van der Waals surface area contributed by atoms with E-state index in [1.165, 1.54) is 10.7 Å². The van der Waals surface area contributed by atoms with Gasteiger partial charge in [0.05, 0.1) is 11.4 Å². The molecule has 1 atom stereocenters. The first-order valence-corrected chi connectivity index (χ1v) is 10.8. The second kappa shape index (κ2) is 8.20. The van der Waals surface area contributed by atoms with Crippen LogP contribution in [-0.4, -0.2) is 30.1 Å². The van der Waals surface area contributed by atoms with Crippen molar-refractivity contribution in [3.8, 4) is 22.5 Å². The van der Waals surface area contributed by atoms with Crippen LogP contribution < -0.4 is 10.9 Å². The number of carbonyl (C=O) groups is 1. The van der Waals surface area contributed by atoms with Gasteiger partial charge in [0.1, 0.15) is 6.04 Å². The topological polar surface area (TPSA) is 94.2 Å². The van der Waals surface area contributed by atoms with Crippen LogP contribution in [0.5, 0.6) is 0 Å². The molecule has 1 N–H and O–H groups in total. The number of nitrogens with zero attached hydrogens (tertiary/aromatic N) is 5. The summed E-state index contributed by atoms with van der Waals surface area (Å²) in [6.45, 7) is 1.65. The van der Waals surface area contributed by atoms with E-state index >= 15 is 0 Å². The number of anilines is 1. The Bertz CT molecular complexity index is 1440. The normalized spacial score (nSPS) is 12.0. The minimum atomic E-state index is -0.800. The molecule has 0 bridgehead atoms. The van der Waals surface area contributed by atoms with Gasteiger partial charge in [-0.05, 0) is 37.3 Å². The van der Waals surface area contributed by atoms with Crippen molar-refractivity contribution in [3.05, 3.63) is 89.1 Å². The van der Waals surface area contributed by atoms with E-state index in [0.717, 1.165) is 21.8 Å².